The molecule has 2 heterocycles. The summed E-state index contributed by atoms with van der Waals surface area (Å²) in [6.45, 7) is 9.55. The van der Waals surface area contributed by atoms with E-state index in [-0.39, 0.29) is 0 Å². The molecule has 0 aliphatic carbocycles. The van der Waals surface area contributed by atoms with E-state index in [0.717, 1.165) is 31.3 Å². The van der Waals surface area contributed by atoms with Crippen LogP contribution < -0.4 is 15.0 Å². The van der Waals surface area contributed by atoms with Crippen LogP contribution in [0.25, 0.3) is 0 Å². The lowest BCUT2D eigenvalue weighted by Crippen LogP contribution is -2.46. The maximum Gasteiger partial charge on any atom is 0.218 e. The summed E-state index contributed by atoms with van der Waals surface area (Å²) in [5.41, 5.74) is 0. The number of nitrogens with one attached hydrogen (secondary N) is 1. The zero-order valence-electron chi connectivity index (χ0n) is 13.7. The van der Waals surface area contributed by atoms with Crippen molar-refractivity contribution >= 4 is 5.82 Å². The molecule has 0 bridgehead atoms. The minimum atomic E-state index is 0.511. The lowest BCUT2D eigenvalue weighted by atomic mass is 10.0. The molecule has 1 aromatic heterocycles. The summed E-state index contributed by atoms with van der Waals surface area (Å²) in [5, 5.41) is 3.58. The van der Waals surface area contributed by atoms with Gasteiger partial charge in [0.05, 0.1) is 7.11 Å². The lowest BCUT2D eigenvalue weighted by Gasteiger charge is -2.37. The topological polar surface area (TPSA) is 50.3 Å². The highest BCUT2D eigenvalue weighted by atomic mass is 16.5. The predicted octanol–water partition coefficient (Wildman–Crippen LogP) is 2.40. The average molecular weight is 292 g/mol. The molecule has 1 unspecified atom stereocenters. The number of hydrogen-bond donors (Lipinski definition) is 1. The van der Waals surface area contributed by atoms with Crippen LogP contribution in [0, 0.1) is 12.8 Å². The first-order valence-corrected chi connectivity index (χ1v) is 7.97. The third kappa shape index (κ3) is 4.56. The average Bonchev–Trinajstić information content (AvgIpc) is 2.46. The molecule has 5 nitrogen and oxygen atoms in total. The van der Waals surface area contributed by atoms with Gasteiger partial charge in [-0.05, 0) is 38.6 Å². The molecule has 0 amide bonds. The second kappa shape index (κ2) is 7.59. The molecule has 0 spiro atoms. The van der Waals surface area contributed by atoms with E-state index in [1.165, 1.54) is 19.3 Å². The van der Waals surface area contributed by atoms with Gasteiger partial charge >= 0.3 is 0 Å². The van der Waals surface area contributed by atoms with Crippen LogP contribution in [0.5, 0.6) is 5.88 Å². The van der Waals surface area contributed by atoms with Crippen molar-refractivity contribution in [3.63, 3.8) is 0 Å². The van der Waals surface area contributed by atoms with Crippen molar-refractivity contribution in [3.8, 4) is 5.88 Å². The van der Waals surface area contributed by atoms with Crippen LogP contribution in [0.3, 0.4) is 0 Å². The maximum atomic E-state index is 5.28. The van der Waals surface area contributed by atoms with Gasteiger partial charge in [0.2, 0.25) is 5.88 Å². The van der Waals surface area contributed by atoms with Gasteiger partial charge in [-0.2, -0.15) is 4.98 Å². The molecule has 5 heteroatoms. The standard InChI is InChI=1S/C16H28N4O/c1-12(2)10-17-11-14-7-5-6-8-20(14)15-9-16(21-4)19-13(3)18-15/h9,12,14,17H,5-8,10-11H2,1-4H3. The Labute approximate surface area is 128 Å². The van der Waals surface area contributed by atoms with E-state index in [1.54, 1.807) is 7.11 Å². The third-order valence-corrected chi connectivity index (χ3v) is 3.86. The fourth-order valence-corrected chi connectivity index (χ4v) is 2.83. The van der Waals surface area contributed by atoms with Crippen molar-refractivity contribution in [1.82, 2.24) is 15.3 Å². The molecule has 1 atom stereocenters. The molecule has 118 valence electrons. The number of aryl methyl sites for hydroxylation is 1. The molecular formula is C16H28N4O. The van der Waals surface area contributed by atoms with Crippen molar-refractivity contribution < 1.29 is 4.74 Å². The summed E-state index contributed by atoms with van der Waals surface area (Å²) in [7, 11) is 1.66. The van der Waals surface area contributed by atoms with Crippen molar-refractivity contribution in [3.05, 3.63) is 11.9 Å². The summed E-state index contributed by atoms with van der Waals surface area (Å²) in [5.74, 6) is 3.10. The van der Waals surface area contributed by atoms with Crippen molar-refractivity contribution in [2.24, 2.45) is 5.92 Å². The molecule has 1 aromatic rings. The molecule has 1 saturated heterocycles. The monoisotopic (exact) mass is 292 g/mol. The molecule has 0 aromatic carbocycles. The molecule has 1 fully saturated rings. The highest BCUT2D eigenvalue weighted by Gasteiger charge is 2.24. The van der Waals surface area contributed by atoms with Crippen LogP contribution >= 0.6 is 0 Å². The summed E-state index contributed by atoms with van der Waals surface area (Å²) in [6.07, 6.45) is 3.74. The van der Waals surface area contributed by atoms with E-state index in [4.69, 9.17) is 4.74 Å². The Hall–Kier alpha value is -1.36. The molecule has 2 rings (SSSR count). The van der Waals surface area contributed by atoms with Crippen LogP contribution in [-0.2, 0) is 0 Å². The SMILES string of the molecule is COc1cc(N2CCCCC2CNCC(C)C)nc(C)n1. The van der Waals surface area contributed by atoms with Gasteiger partial charge in [0, 0.05) is 25.2 Å². The van der Waals surface area contributed by atoms with E-state index >= 15 is 0 Å². The second-order valence-corrected chi connectivity index (χ2v) is 6.21. The number of rotatable bonds is 6. The van der Waals surface area contributed by atoms with Crippen molar-refractivity contribution in [2.45, 2.75) is 46.1 Å². The minimum absolute atomic E-state index is 0.511. The molecular weight excluding hydrogens is 264 g/mol. The van der Waals surface area contributed by atoms with Gasteiger partial charge < -0.3 is 15.0 Å². The molecule has 21 heavy (non-hydrogen) atoms. The Morgan fingerprint density at radius 2 is 2.19 bits per heavy atom. The van der Waals surface area contributed by atoms with Gasteiger partial charge in [-0.1, -0.05) is 13.8 Å². The summed E-state index contributed by atoms with van der Waals surface area (Å²) < 4.78 is 5.28. The van der Waals surface area contributed by atoms with Crippen LogP contribution in [0.1, 0.15) is 38.9 Å². The number of anilines is 1. The Morgan fingerprint density at radius 1 is 1.38 bits per heavy atom. The van der Waals surface area contributed by atoms with Gasteiger partial charge in [0.25, 0.3) is 0 Å². The number of ether oxygens (including phenoxy) is 1. The summed E-state index contributed by atoms with van der Waals surface area (Å²) in [4.78, 5) is 11.3. The van der Waals surface area contributed by atoms with E-state index in [9.17, 15) is 0 Å². The fourth-order valence-electron chi connectivity index (χ4n) is 2.83. The Balaban J connectivity index is 2.08. The summed E-state index contributed by atoms with van der Waals surface area (Å²) in [6, 6.07) is 2.46. The van der Waals surface area contributed by atoms with Gasteiger partial charge in [-0.3, -0.25) is 0 Å². The van der Waals surface area contributed by atoms with Gasteiger partial charge in [-0.15, -0.1) is 0 Å². The van der Waals surface area contributed by atoms with Crippen LogP contribution in [-0.4, -0.2) is 42.8 Å². The number of nitrogens with zero attached hydrogens (tertiary/aromatic N) is 3. The lowest BCUT2D eigenvalue weighted by molar-refractivity contribution is 0.392. The molecule has 1 N–H and O–H groups in total. The number of aromatic nitrogens is 2. The first-order chi connectivity index (χ1) is 10.1. The van der Waals surface area contributed by atoms with E-state index in [0.29, 0.717) is 17.8 Å². The van der Waals surface area contributed by atoms with Crippen molar-refractivity contribution in [1.29, 1.82) is 0 Å². The minimum Gasteiger partial charge on any atom is -0.481 e. The van der Waals surface area contributed by atoms with E-state index in [1.807, 2.05) is 13.0 Å². The van der Waals surface area contributed by atoms with Gasteiger partial charge in [-0.25, -0.2) is 4.98 Å². The molecule has 1 aliphatic rings. The maximum absolute atomic E-state index is 5.28. The van der Waals surface area contributed by atoms with Crippen LogP contribution in [0.4, 0.5) is 5.82 Å². The highest BCUT2D eigenvalue weighted by molar-refractivity contribution is 5.43. The number of piperidine rings is 1. The highest BCUT2D eigenvalue weighted by Crippen LogP contribution is 2.25. The van der Waals surface area contributed by atoms with E-state index < -0.39 is 0 Å². The van der Waals surface area contributed by atoms with Gasteiger partial charge in [0.15, 0.2) is 0 Å². The summed E-state index contributed by atoms with van der Waals surface area (Å²) >= 11 is 0. The van der Waals surface area contributed by atoms with Crippen LogP contribution in [0.2, 0.25) is 0 Å². The number of methoxy groups -OCH3 is 1. The van der Waals surface area contributed by atoms with Gasteiger partial charge in [0.1, 0.15) is 11.6 Å². The Morgan fingerprint density at radius 3 is 2.90 bits per heavy atom. The largest absolute Gasteiger partial charge is 0.481 e. The predicted molar refractivity (Wildman–Crippen MR) is 86.0 cm³/mol. The molecule has 0 saturated carbocycles. The Bertz CT molecular complexity index is 450. The smallest absolute Gasteiger partial charge is 0.218 e. The molecule has 1 aliphatic heterocycles. The number of hydrogen-bond acceptors (Lipinski definition) is 5. The quantitative estimate of drug-likeness (QED) is 0.872. The third-order valence-electron chi connectivity index (χ3n) is 3.86. The van der Waals surface area contributed by atoms with Crippen LogP contribution in [0.15, 0.2) is 6.07 Å². The molecule has 0 radical (unpaired) electrons. The first kappa shape index (κ1) is 16.0. The fraction of sp³-hybridized carbons (Fsp3) is 0.750. The zero-order valence-corrected chi connectivity index (χ0v) is 13.7. The zero-order chi connectivity index (χ0) is 15.2. The second-order valence-electron chi connectivity index (χ2n) is 6.21. The van der Waals surface area contributed by atoms with E-state index in [2.05, 4.69) is 34.0 Å². The Kier molecular flexibility index (Phi) is 5.79. The first-order valence-electron chi connectivity index (χ1n) is 7.97. The van der Waals surface area contributed by atoms with Crippen molar-refractivity contribution in [2.75, 3.05) is 31.6 Å². The normalized spacial score (nSPS) is 19.1.